The van der Waals surface area contributed by atoms with Crippen molar-refractivity contribution in [2.75, 3.05) is 13.1 Å². The van der Waals surface area contributed by atoms with E-state index in [-0.39, 0.29) is 0 Å². The van der Waals surface area contributed by atoms with Crippen molar-refractivity contribution in [3.05, 3.63) is 35.9 Å². The lowest BCUT2D eigenvalue weighted by molar-refractivity contribution is 0.177. The zero-order valence-corrected chi connectivity index (χ0v) is 11.7. The third-order valence-corrected chi connectivity index (χ3v) is 3.67. The highest BCUT2D eigenvalue weighted by Crippen LogP contribution is 2.14. The van der Waals surface area contributed by atoms with Crippen molar-refractivity contribution in [2.45, 2.75) is 44.8 Å². The summed E-state index contributed by atoms with van der Waals surface area (Å²) in [5.74, 6) is 0. The fourth-order valence-corrected chi connectivity index (χ4v) is 2.78. The van der Waals surface area contributed by atoms with Gasteiger partial charge < -0.3 is 5.32 Å². The Bertz CT molecular complexity index is 410. The second-order valence-corrected chi connectivity index (χ2v) is 5.49. The van der Waals surface area contributed by atoms with E-state index in [0.717, 1.165) is 13.1 Å². The summed E-state index contributed by atoms with van der Waals surface area (Å²) in [7, 11) is 0. The molecule has 0 spiro atoms. The number of nitrogens with zero attached hydrogens (tertiary/aromatic N) is 2. The summed E-state index contributed by atoms with van der Waals surface area (Å²) in [4.78, 5) is 2.51. The topological polar surface area (TPSA) is 39.1 Å². The first-order valence-electron chi connectivity index (χ1n) is 7.17. The molecule has 1 aromatic rings. The molecule has 1 fully saturated rings. The van der Waals surface area contributed by atoms with Crippen LogP contribution in [0, 0.1) is 11.3 Å². The van der Waals surface area contributed by atoms with Crippen LogP contribution in [0.2, 0.25) is 0 Å². The summed E-state index contributed by atoms with van der Waals surface area (Å²) in [6.07, 6.45) is 3.06. The first-order valence-corrected chi connectivity index (χ1v) is 7.17. The fourth-order valence-electron chi connectivity index (χ4n) is 2.78. The molecule has 2 unspecified atom stereocenters. The number of piperidine rings is 1. The highest BCUT2D eigenvalue weighted by molar-refractivity contribution is 5.14. The van der Waals surface area contributed by atoms with E-state index in [9.17, 15) is 0 Å². The maximum Gasteiger partial charge on any atom is 0.0638 e. The van der Waals surface area contributed by atoms with Crippen LogP contribution in [0.5, 0.6) is 0 Å². The van der Waals surface area contributed by atoms with E-state index in [1.165, 1.54) is 24.9 Å². The predicted octanol–water partition coefficient (Wildman–Crippen LogP) is 2.54. The van der Waals surface area contributed by atoms with E-state index in [4.69, 9.17) is 5.26 Å². The quantitative estimate of drug-likeness (QED) is 0.881. The van der Waals surface area contributed by atoms with Gasteiger partial charge in [-0.2, -0.15) is 5.26 Å². The summed E-state index contributed by atoms with van der Waals surface area (Å²) in [5.41, 5.74) is 1.38. The Hall–Kier alpha value is -1.37. The van der Waals surface area contributed by atoms with Crippen molar-refractivity contribution < 1.29 is 0 Å². The standard InChI is InChI=1S/C16H23N3/c1-14(9-10-17)18-16-8-5-11-19(13-16)12-15-6-3-2-4-7-15/h2-4,6-7,14,16,18H,5,8-9,11-13H2,1H3. The summed E-state index contributed by atoms with van der Waals surface area (Å²) < 4.78 is 0. The van der Waals surface area contributed by atoms with Crippen LogP contribution in [-0.4, -0.2) is 30.1 Å². The number of benzene rings is 1. The molecule has 102 valence electrons. The molecule has 1 heterocycles. The van der Waals surface area contributed by atoms with Crippen LogP contribution >= 0.6 is 0 Å². The molecule has 0 saturated carbocycles. The maximum atomic E-state index is 8.71. The van der Waals surface area contributed by atoms with E-state index in [1.54, 1.807) is 0 Å². The molecule has 2 rings (SSSR count). The molecule has 1 saturated heterocycles. The lowest BCUT2D eigenvalue weighted by Gasteiger charge is -2.34. The van der Waals surface area contributed by atoms with Crippen LogP contribution in [0.25, 0.3) is 0 Å². The normalized spacial score (nSPS) is 21.8. The lowest BCUT2D eigenvalue weighted by Crippen LogP contribution is -2.48. The van der Waals surface area contributed by atoms with E-state index >= 15 is 0 Å². The third-order valence-electron chi connectivity index (χ3n) is 3.67. The van der Waals surface area contributed by atoms with Crippen LogP contribution in [-0.2, 0) is 6.54 Å². The third kappa shape index (κ3) is 4.66. The molecule has 1 aromatic carbocycles. The minimum absolute atomic E-state index is 0.298. The maximum absolute atomic E-state index is 8.71. The van der Waals surface area contributed by atoms with Crippen molar-refractivity contribution in [1.29, 1.82) is 5.26 Å². The van der Waals surface area contributed by atoms with Crippen LogP contribution in [0.3, 0.4) is 0 Å². The predicted molar refractivity (Wildman–Crippen MR) is 77.6 cm³/mol. The van der Waals surface area contributed by atoms with Gasteiger partial charge in [-0.3, -0.25) is 4.90 Å². The zero-order chi connectivity index (χ0) is 13.5. The molecule has 1 aliphatic rings. The Morgan fingerprint density at radius 3 is 2.95 bits per heavy atom. The minimum atomic E-state index is 0.298. The van der Waals surface area contributed by atoms with Gasteiger partial charge >= 0.3 is 0 Å². The average Bonchev–Trinajstić information content (AvgIpc) is 2.40. The first kappa shape index (κ1) is 14.0. The zero-order valence-electron chi connectivity index (χ0n) is 11.7. The summed E-state index contributed by atoms with van der Waals surface area (Å²) >= 11 is 0. The van der Waals surface area contributed by atoms with Gasteiger partial charge in [0.15, 0.2) is 0 Å². The second-order valence-electron chi connectivity index (χ2n) is 5.49. The van der Waals surface area contributed by atoms with Crippen molar-refractivity contribution >= 4 is 0 Å². The minimum Gasteiger partial charge on any atom is -0.309 e. The SMILES string of the molecule is CC(CC#N)NC1CCCN(Cc2ccccc2)C1. The van der Waals surface area contributed by atoms with Gasteiger partial charge in [-0.1, -0.05) is 30.3 Å². The molecule has 3 nitrogen and oxygen atoms in total. The molecular formula is C16H23N3. The number of nitriles is 1. The monoisotopic (exact) mass is 257 g/mol. The average molecular weight is 257 g/mol. The van der Waals surface area contributed by atoms with Gasteiger partial charge in [0.05, 0.1) is 12.5 Å². The van der Waals surface area contributed by atoms with E-state index < -0.39 is 0 Å². The van der Waals surface area contributed by atoms with Gasteiger partial charge in [0.2, 0.25) is 0 Å². The number of nitrogens with one attached hydrogen (secondary N) is 1. The fraction of sp³-hybridized carbons (Fsp3) is 0.562. The Morgan fingerprint density at radius 2 is 2.21 bits per heavy atom. The highest BCUT2D eigenvalue weighted by atomic mass is 15.2. The van der Waals surface area contributed by atoms with Gasteiger partial charge in [-0.15, -0.1) is 0 Å². The molecule has 3 heteroatoms. The molecule has 19 heavy (non-hydrogen) atoms. The molecule has 2 atom stereocenters. The number of likely N-dealkylation sites (tertiary alicyclic amines) is 1. The summed E-state index contributed by atoms with van der Waals surface area (Å²) in [5, 5.41) is 12.3. The second kappa shape index (κ2) is 7.28. The van der Waals surface area contributed by atoms with Gasteiger partial charge in [0.1, 0.15) is 0 Å². The smallest absolute Gasteiger partial charge is 0.0638 e. The van der Waals surface area contributed by atoms with Crippen molar-refractivity contribution in [3.63, 3.8) is 0 Å². The van der Waals surface area contributed by atoms with E-state index in [2.05, 4.69) is 53.5 Å². The molecule has 1 aliphatic heterocycles. The summed E-state index contributed by atoms with van der Waals surface area (Å²) in [6.45, 7) is 5.40. The Morgan fingerprint density at radius 1 is 1.42 bits per heavy atom. The van der Waals surface area contributed by atoms with Crippen LogP contribution in [0.1, 0.15) is 31.7 Å². The first-order chi connectivity index (χ1) is 9.28. The van der Waals surface area contributed by atoms with Crippen LogP contribution in [0.4, 0.5) is 0 Å². The molecule has 1 N–H and O–H groups in total. The van der Waals surface area contributed by atoms with Crippen molar-refractivity contribution in [2.24, 2.45) is 0 Å². The van der Waals surface area contributed by atoms with E-state index in [0.29, 0.717) is 18.5 Å². The Kier molecular flexibility index (Phi) is 5.38. The Labute approximate surface area is 116 Å². The highest BCUT2D eigenvalue weighted by Gasteiger charge is 2.20. The molecular weight excluding hydrogens is 234 g/mol. The number of rotatable bonds is 5. The van der Waals surface area contributed by atoms with E-state index in [1.807, 2.05) is 0 Å². The van der Waals surface area contributed by atoms with Gasteiger partial charge in [0, 0.05) is 25.2 Å². The van der Waals surface area contributed by atoms with Gasteiger partial charge in [-0.25, -0.2) is 0 Å². The lowest BCUT2D eigenvalue weighted by atomic mass is 10.0. The molecule has 0 bridgehead atoms. The van der Waals surface area contributed by atoms with Gasteiger partial charge in [-0.05, 0) is 31.9 Å². The van der Waals surface area contributed by atoms with Gasteiger partial charge in [0.25, 0.3) is 0 Å². The largest absolute Gasteiger partial charge is 0.309 e. The molecule has 0 aromatic heterocycles. The van der Waals surface area contributed by atoms with Crippen LogP contribution in [0.15, 0.2) is 30.3 Å². The molecule has 0 amide bonds. The van der Waals surface area contributed by atoms with Crippen molar-refractivity contribution in [1.82, 2.24) is 10.2 Å². The molecule has 0 radical (unpaired) electrons. The Balaban J connectivity index is 1.82. The summed E-state index contributed by atoms with van der Waals surface area (Å²) in [6, 6.07) is 13.7. The van der Waals surface area contributed by atoms with Crippen molar-refractivity contribution in [3.8, 4) is 6.07 Å². The molecule has 0 aliphatic carbocycles. The number of hydrogen-bond acceptors (Lipinski definition) is 3. The van der Waals surface area contributed by atoms with Crippen LogP contribution < -0.4 is 5.32 Å². The number of hydrogen-bond donors (Lipinski definition) is 1.